The smallest absolute Gasteiger partial charge is 0.358 e. The summed E-state index contributed by atoms with van der Waals surface area (Å²) in [5.74, 6) is -0.684. The highest BCUT2D eigenvalue weighted by Gasteiger charge is 2.11. The van der Waals surface area contributed by atoms with Crippen LogP contribution in [0.15, 0.2) is 47.5 Å². The van der Waals surface area contributed by atoms with E-state index in [0.717, 1.165) is 0 Å². The minimum absolute atomic E-state index is 0.122. The first-order valence-electron chi connectivity index (χ1n) is 5.87. The Morgan fingerprint density at radius 1 is 1.30 bits per heavy atom. The number of hydrogen-bond donors (Lipinski definition) is 1. The van der Waals surface area contributed by atoms with Crippen molar-refractivity contribution >= 4 is 17.7 Å². The normalized spacial score (nSPS) is 10.2. The van der Waals surface area contributed by atoms with Crippen LogP contribution in [0.2, 0.25) is 0 Å². The van der Waals surface area contributed by atoms with E-state index in [1.165, 1.54) is 24.0 Å². The van der Waals surface area contributed by atoms with Gasteiger partial charge in [-0.05, 0) is 24.3 Å². The van der Waals surface area contributed by atoms with Crippen LogP contribution < -0.4 is 4.74 Å². The number of nitrogens with zero attached hydrogens (tertiary/aromatic N) is 1. The van der Waals surface area contributed by atoms with Crippen LogP contribution in [0, 0.1) is 5.82 Å². The van der Waals surface area contributed by atoms with Crippen molar-refractivity contribution in [3.63, 3.8) is 0 Å². The maximum absolute atomic E-state index is 13.4. The summed E-state index contributed by atoms with van der Waals surface area (Å²) in [7, 11) is 0. The van der Waals surface area contributed by atoms with Crippen LogP contribution in [0.5, 0.6) is 5.75 Å². The first-order chi connectivity index (χ1) is 9.68. The maximum Gasteiger partial charge on any atom is 0.358 e. The summed E-state index contributed by atoms with van der Waals surface area (Å²) < 4.78 is 18.7. The zero-order valence-corrected chi connectivity index (χ0v) is 11.3. The first kappa shape index (κ1) is 14.3. The molecule has 0 radical (unpaired) electrons. The molecule has 2 rings (SSSR count). The van der Waals surface area contributed by atoms with Crippen LogP contribution in [-0.2, 0) is 0 Å². The summed E-state index contributed by atoms with van der Waals surface area (Å²) in [6, 6.07) is 9.62. The zero-order chi connectivity index (χ0) is 14.4. The fourth-order valence-electron chi connectivity index (χ4n) is 1.53. The molecule has 6 heteroatoms. The molecule has 0 aliphatic heterocycles. The van der Waals surface area contributed by atoms with Gasteiger partial charge in [-0.2, -0.15) is 0 Å². The summed E-state index contributed by atoms with van der Waals surface area (Å²) in [5, 5.41) is 8.94. The van der Waals surface area contributed by atoms with Crippen LogP contribution in [0.4, 0.5) is 4.39 Å². The number of aromatic carboxylic acids is 1. The standard InChI is InChI=1S/C14H12FNO3S/c15-10-4-1-2-6-12(10)20-9-8-19-11-5-3-7-16-13(11)14(17)18/h1-7H,8-9H2,(H,17,18). The van der Waals surface area contributed by atoms with Crippen molar-refractivity contribution in [3.05, 3.63) is 54.1 Å². The third-order valence-electron chi connectivity index (χ3n) is 2.41. The van der Waals surface area contributed by atoms with Crippen LogP contribution in [0.1, 0.15) is 10.5 Å². The number of thioether (sulfide) groups is 1. The predicted octanol–water partition coefficient (Wildman–Crippen LogP) is 3.09. The number of halogens is 1. The van der Waals surface area contributed by atoms with Crippen molar-refractivity contribution in [1.29, 1.82) is 0 Å². The number of rotatable bonds is 6. The number of hydrogen-bond acceptors (Lipinski definition) is 4. The fraction of sp³-hybridized carbons (Fsp3) is 0.143. The van der Waals surface area contributed by atoms with E-state index in [9.17, 15) is 9.18 Å². The Kier molecular flexibility index (Phi) is 4.95. The van der Waals surface area contributed by atoms with Crippen LogP contribution >= 0.6 is 11.8 Å². The van der Waals surface area contributed by atoms with Gasteiger partial charge in [0.25, 0.3) is 0 Å². The summed E-state index contributed by atoms with van der Waals surface area (Å²) >= 11 is 1.31. The molecule has 0 amide bonds. The number of ether oxygens (including phenoxy) is 1. The van der Waals surface area contributed by atoms with E-state index in [4.69, 9.17) is 9.84 Å². The van der Waals surface area contributed by atoms with Gasteiger partial charge < -0.3 is 9.84 Å². The molecule has 1 aromatic carbocycles. The van der Waals surface area contributed by atoms with Crippen molar-refractivity contribution < 1.29 is 19.0 Å². The summed E-state index contributed by atoms with van der Waals surface area (Å²) in [4.78, 5) is 15.2. The Labute approximate surface area is 119 Å². The fourth-order valence-corrected chi connectivity index (χ4v) is 2.30. The molecule has 0 bridgehead atoms. The third kappa shape index (κ3) is 3.71. The van der Waals surface area contributed by atoms with Crippen molar-refractivity contribution in [2.24, 2.45) is 0 Å². The number of aromatic nitrogens is 1. The second kappa shape index (κ2) is 6.91. The predicted molar refractivity (Wildman–Crippen MR) is 73.8 cm³/mol. The SMILES string of the molecule is O=C(O)c1ncccc1OCCSc1ccccc1F. The topological polar surface area (TPSA) is 59.4 Å². The highest BCUT2D eigenvalue weighted by molar-refractivity contribution is 7.99. The third-order valence-corrected chi connectivity index (χ3v) is 3.42. The largest absolute Gasteiger partial charge is 0.490 e. The van der Waals surface area contributed by atoms with E-state index in [0.29, 0.717) is 10.6 Å². The van der Waals surface area contributed by atoms with Crippen molar-refractivity contribution in [2.75, 3.05) is 12.4 Å². The Hall–Kier alpha value is -2.08. The Morgan fingerprint density at radius 2 is 2.10 bits per heavy atom. The molecule has 2 aromatic rings. The number of pyridine rings is 1. The summed E-state index contributed by atoms with van der Waals surface area (Å²) in [5.41, 5.74) is -0.122. The van der Waals surface area contributed by atoms with Gasteiger partial charge in [-0.15, -0.1) is 11.8 Å². The van der Waals surface area contributed by atoms with Gasteiger partial charge in [-0.1, -0.05) is 12.1 Å². The molecule has 0 aliphatic rings. The van der Waals surface area contributed by atoms with E-state index >= 15 is 0 Å². The molecular formula is C14H12FNO3S. The van der Waals surface area contributed by atoms with Gasteiger partial charge in [0.2, 0.25) is 0 Å². The average Bonchev–Trinajstić information content (AvgIpc) is 2.45. The molecule has 0 saturated heterocycles. The molecule has 0 atom stereocenters. The molecular weight excluding hydrogens is 281 g/mol. The van der Waals surface area contributed by atoms with Crippen LogP contribution in [0.25, 0.3) is 0 Å². The van der Waals surface area contributed by atoms with Crippen molar-refractivity contribution in [3.8, 4) is 5.75 Å². The van der Waals surface area contributed by atoms with Gasteiger partial charge in [0, 0.05) is 16.8 Å². The second-order valence-electron chi connectivity index (χ2n) is 3.78. The van der Waals surface area contributed by atoms with Gasteiger partial charge in [-0.25, -0.2) is 14.2 Å². The molecule has 0 fully saturated rings. The van der Waals surface area contributed by atoms with Crippen LogP contribution in [-0.4, -0.2) is 28.4 Å². The molecule has 20 heavy (non-hydrogen) atoms. The highest BCUT2D eigenvalue weighted by Crippen LogP contribution is 2.21. The molecule has 1 N–H and O–H groups in total. The Bertz CT molecular complexity index is 606. The minimum atomic E-state index is -1.14. The molecule has 1 aromatic heterocycles. The van der Waals surface area contributed by atoms with Crippen molar-refractivity contribution in [1.82, 2.24) is 4.98 Å². The highest BCUT2D eigenvalue weighted by atomic mass is 32.2. The number of benzene rings is 1. The minimum Gasteiger partial charge on any atom is -0.490 e. The van der Waals surface area contributed by atoms with E-state index in [1.54, 1.807) is 30.3 Å². The number of carboxylic acids is 1. The average molecular weight is 293 g/mol. The zero-order valence-electron chi connectivity index (χ0n) is 10.5. The molecule has 0 aliphatic carbocycles. The molecule has 0 unspecified atom stereocenters. The molecule has 104 valence electrons. The van der Waals surface area contributed by atoms with E-state index in [1.807, 2.05) is 0 Å². The summed E-state index contributed by atoms with van der Waals surface area (Å²) in [6.45, 7) is 0.269. The van der Waals surface area contributed by atoms with E-state index in [2.05, 4.69) is 4.98 Å². The number of carboxylic acid groups (broad SMARTS) is 1. The summed E-state index contributed by atoms with van der Waals surface area (Å²) in [6.07, 6.45) is 1.39. The van der Waals surface area contributed by atoms with Gasteiger partial charge in [0.15, 0.2) is 11.4 Å². The Morgan fingerprint density at radius 3 is 2.85 bits per heavy atom. The maximum atomic E-state index is 13.4. The molecule has 0 spiro atoms. The van der Waals surface area contributed by atoms with E-state index in [-0.39, 0.29) is 23.9 Å². The van der Waals surface area contributed by atoms with E-state index < -0.39 is 5.97 Å². The lowest BCUT2D eigenvalue weighted by Crippen LogP contribution is -2.07. The van der Waals surface area contributed by atoms with Gasteiger partial charge in [0.05, 0.1) is 6.61 Å². The Balaban J connectivity index is 1.88. The molecule has 0 saturated carbocycles. The lowest BCUT2D eigenvalue weighted by atomic mass is 10.3. The molecule has 1 heterocycles. The molecule has 4 nitrogen and oxygen atoms in total. The quantitative estimate of drug-likeness (QED) is 0.655. The monoisotopic (exact) mass is 293 g/mol. The van der Waals surface area contributed by atoms with Crippen LogP contribution in [0.3, 0.4) is 0 Å². The number of carbonyl (C=O) groups is 1. The first-order valence-corrected chi connectivity index (χ1v) is 6.85. The van der Waals surface area contributed by atoms with Gasteiger partial charge in [-0.3, -0.25) is 0 Å². The lowest BCUT2D eigenvalue weighted by molar-refractivity contribution is 0.0685. The van der Waals surface area contributed by atoms with Gasteiger partial charge in [0.1, 0.15) is 5.82 Å². The second-order valence-corrected chi connectivity index (χ2v) is 4.92. The lowest BCUT2D eigenvalue weighted by Gasteiger charge is -2.08. The van der Waals surface area contributed by atoms with Gasteiger partial charge >= 0.3 is 5.97 Å². The van der Waals surface area contributed by atoms with Crippen molar-refractivity contribution in [2.45, 2.75) is 4.90 Å².